The largest absolute Gasteiger partial charge is 0.345 e. The first-order valence-corrected chi connectivity index (χ1v) is 7.33. The molecule has 2 aliphatic rings. The second-order valence-corrected chi connectivity index (χ2v) is 5.44. The number of aromatic amines is 1. The van der Waals surface area contributed by atoms with Crippen LogP contribution in [0.1, 0.15) is 20.3 Å². The Labute approximate surface area is 120 Å². The van der Waals surface area contributed by atoms with Gasteiger partial charge in [-0.05, 0) is 25.5 Å². The number of nitrogens with zero attached hydrogens (tertiary/aromatic N) is 2. The molecule has 0 saturated carbocycles. The molecule has 2 N–H and O–H groups in total. The van der Waals surface area contributed by atoms with E-state index in [1.165, 1.54) is 12.1 Å². The zero-order valence-corrected chi connectivity index (χ0v) is 12.2. The number of allylic oxidation sites excluding steroid dienone is 2. The number of nitrogens with one attached hydrogen (secondary N) is 2. The Kier molecular flexibility index (Phi) is 3.49. The third-order valence-corrected chi connectivity index (χ3v) is 4.37. The van der Waals surface area contributed by atoms with Gasteiger partial charge in [-0.2, -0.15) is 0 Å². The first-order chi connectivity index (χ1) is 9.76. The van der Waals surface area contributed by atoms with Crippen molar-refractivity contribution in [2.75, 3.05) is 18.0 Å². The molecule has 2 atom stereocenters. The molecule has 106 valence electrons. The van der Waals surface area contributed by atoms with Gasteiger partial charge in [0.05, 0.1) is 17.6 Å². The van der Waals surface area contributed by atoms with Crippen LogP contribution in [-0.2, 0) is 0 Å². The van der Waals surface area contributed by atoms with Crippen molar-refractivity contribution in [3.05, 3.63) is 36.3 Å². The minimum absolute atomic E-state index is 0.538. The molecule has 1 aromatic heterocycles. The lowest BCUT2D eigenvalue weighted by Gasteiger charge is -2.34. The van der Waals surface area contributed by atoms with Gasteiger partial charge in [-0.15, -0.1) is 0 Å². The van der Waals surface area contributed by atoms with Crippen molar-refractivity contribution in [2.45, 2.75) is 20.3 Å². The Morgan fingerprint density at radius 2 is 2.40 bits per heavy atom. The number of fused-ring (bicyclic) bond motifs is 1. The maximum absolute atomic E-state index is 4.40. The van der Waals surface area contributed by atoms with Crippen LogP contribution in [0.5, 0.6) is 0 Å². The predicted molar refractivity (Wildman–Crippen MR) is 84.5 cm³/mol. The van der Waals surface area contributed by atoms with E-state index in [-0.39, 0.29) is 0 Å². The molecule has 3 heterocycles. The van der Waals surface area contributed by atoms with Gasteiger partial charge >= 0.3 is 0 Å². The molecule has 1 aromatic rings. The van der Waals surface area contributed by atoms with Crippen LogP contribution in [0.4, 0.5) is 11.5 Å². The van der Waals surface area contributed by atoms with Gasteiger partial charge in [0.25, 0.3) is 0 Å². The quantitative estimate of drug-likeness (QED) is 0.885. The second-order valence-electron chi connectivity index (χ2n) is 5.44. The van der Waals surface area contributed by atoms with Gasteiger partial charge in [-0.25, -0.2) is 4.99 Å². The van der Waals surface area contributed by atoms with E-state index in [1.807, 2.05) is 12.4 Å². The Balaban J connectivity index is 1.98. The van der Waals surface area contributed by atoms with Crippen molar-refractivity contribution in [1.82, 2.24) is 10.3 Å². The van der Waals surface area contributed by atoms with E-state index in [1.54, 1.807) is 0 Å². The molecular weight excluding hydrogens is 248 g/mol. The Bertz CT molecular complexity index is 567. The number of aromatic nitrogens is 1. The molecule has 0 unspecified atom stereocenters. The van der Waals surface area contributed by atoms with E-state index in [0.29, 0.717) is 11.8 Å². The number of anilines is 1. The van der Waals surface area contributed by atoms with E-state index in [9.17, 15) is 0 Å². The summed E-state index contributed by atoms with van der Waals surface area (Å²) in [4.78, 5) is 9.83. The molecule has 0 amide bonds. The minimum atomic E-state index is 0.538. The molecule has 0 radical (unpaired) electrons. The van der Waals surface area contributed by atoms with Crippen LogP contribution in [0, 0.1) is 11.8 Å². The first-order valence-electron chi connectivity index (χ1n) is 7.33. The fraction of sp³-hybridized carbons (Fsp3) is 0.438. The molecule has 1 saturated heterocycles. The maximum atomic E-state index is 4.40. The van der Waals surface area contributed by atoms with Crippen molar-refractivity contribution >= 4 is 17.7 Å². The van der Waals surface area contributed by atoms with Crippen LogP contribution in [0.15, 0.2) is 41.3 Å². The summed E-state index contributed by atoms with van der Waals surface area (Å²) < 4.78 is 0. The van der Waals surface area contributed by atoms with Crippen molar-refractivity contribution < 1.29 is 0 Å². The molecule has 0 aliphatic carbocycles. The van der Waals surface area contributed by atoms with Gasteiger partial charge in [0.15, 0.2) is 5.82 Å². The van der Waals surface area contributed by atoms with Gasteiger partial charge < -0.3 is 15.2 Å². The standard InChI is InChI=1S/C16H22N4/c1-4-12-9-17-10-13(12)14(5-2)20-11(3)8-19-16-15(20)6-7-18-16/h5-8,12-13,17-18H,3-4,9-10H2,1-2H3/b14-5-/t12-,13+/m1/s1. The Hall–Kier alpha value is -1.81. The average molecular weight is 270 g/mol. The molecule has 3 rings (SSSR count). The topological polar surface area (TPSA) is 43.4 Å². The van der Waals surface area contributed by atoms with Crippen LogP contribution < -0.4 is 10.2 Å². The number of hydrogen-bond acceptors (Lipinski definition) is 3. The summed E-state index contributed by atoms with van der Waals surface area (Å²) in [7, 11) is 0. The lowest BCUT2D eigenvalue weighted by Crippen LogP contribution is -2.31. The first kappa shape index (κ1) is 13.2. The van der Waals surface area contributed by atoms with Crippen LogP contribution in [0.3, 0.4) is 0 Å². The maximum Gasteiger partial charge on any atom is 0.154 e. The van der Waals surface area contributed by atoms with Crippen LogP contribution >= 0.6 is 0 Å². The number of hydrogen-bond donors (Lipinski definition) is 2. The number of aliphatic imine (C=N–C) groups is 1. The van der Waals surface area contributed by atoms with Gasteiger partial charge in [-0.3, -0.25) is 0 Å². The van der Waals surface area contributed by atoms with Crippen LogP contribution in [-0.4, -0.2) is 24.3 Å². The lowest BCUT2D eigenvalue weighted by atomic mass is 9.89. The molecule has 4 heteroatoms. The monoisotopic (exact) mass is 270 g/mol. The minimum Gasteiger partial charge on any atom is -0.345 e. The second kappa shape index (κ2) is 5.29. The summed E-state index contributed by atoms with van der Waals surface area (Å²) in [6.07, 6.45) is 7.20. The molecule has 2 aliphatic heterocycles. The zero-order valence-electron chi connectivity index (χ0n) is 12.2. The highest BCUT2D eigenvalue weighted by atomic mass is 15.2. The number of H-pyrrole nitrogens is 1. The average Bonchev–Trinajstić information content (AvgIpc) is 3.10. The van der Waals surface area contributed by atoms with Crippen LogP contribution in [0.25, 0.3) is 0 Å². The highest BCUT2D eigenvalue weighted by Gasteiger charge is 2.33. The van der Waals surface area contributed by atoms with Crippen molar-refractivity contribution in [3.8, 4) is 0 Å². The van der Waals surface area contributed by atoms with Gasteiger partial charge in [0.2, 0.25) is 0 Å². The highest BCUT2D eigenvalue weighted by molar-refractivity contribution is 5.93. The van der Waals surface area contributed by atoms with E-state index >= 15 is 0 Å². The van der Waals surface area contributed by atoms with E-state index < -0.39 is 0 Å². The summed E-state index contributed by atoms with van der Waals surface area (Å²) in [6.45, 7) is 10.7. The fourth-order valence-corrected chi connectivity index (χ4v) is 3.31. The molecule has 4 nitrogen and oxygen atoms in total. The van der Waals surface area contributed by atoms with E-state index in [0.717, 1.165) is 30.3 Å². The predicted octanol–water partition coefficient (Wildman–Crippen LogP) is 3.20. The number of rotatable bonds is 3. The molecule has 20 heavy (non-hydrogen) atoms. The third-order valence-electron chi connectivity index (χ3n) is 4.37. The van der Waals surface area contributed by atoms with Crippen LogP contribution in [0.2, 0.25) is 0 Å². The zero-order chi connectivity index (χ0) is 14.1. The summed E-state index contributed by atoms with van der Waals surface area (Å²) in [5, 5.41) is 3.52. The highest BCUT2D eigenvalue weighted by Crippen LogP contribution is 2.40. The molecule has 0 spiro atoms. The van der Waals surface area contributed by atoms with Crippen molar-refractivity contribution in [3.63, 3.8) is 0 Å². The Morgan fingerprint density at radius 1 is 1.55 bits per heavy atom. The fourth-order valence-electron chi connectivity index (χ4n) is 3.31. The summed E-state index contributed by atoms with van der Waals surface area (Å²) in [5.74, 6) is 2.14. The normalized spacial score (nSPS) is 26.2. The SMILES string of the molecule is C=C1C=Nc2[nH]ccc2N1/C(=C\C)[C@H]1CNC[C@H]1CC. The van der Waals surface area contributed by atoms with Crippen molar-refractivity contribution in [2.24, 2.45) is 16.8 Å². The molecule has 0 bridgehead atoms. The summed E-state index contributed by atoms with van der Waals surface area (Å²) in [6, 6.07) is 2.07. The van der Waals surface area contributed by atoms with Crippen molar-refractivity contribution in [1.29, 1.82) is 0 Å². The summed E-state index contributed by atoms with van der Waals surface area (Å²) in [5.41, 5.74) is 3.37. The van der Waals surface area contributed by atoms with Gasteiger partial charge in [0, 0.05) is 24.4 Å². The van der Waals surface area contributed by atoms with E-state index in [2.05, 4.69) is 52.8 Å². The smallest absolute Gasteiger partial charge is 0.154 e. The van der Waals surface area contributed by atoms with Gasteiger partial charge in [0.1, 0.15) is 0 Å². The lowest BCUT2D eigenvalue weighted by molar-refractivity contribution is 0.453. The molecular formula is C16H22N4. The third kappa shape index (κ3) is 2.00. The summed E-state index contributed by atoms with van der Waals surface area (Å²) >= 11 is 0. The van der Waals surface area contributed by atoms with E-state index in [4.69, 9.17) is 0 Å². The molecule has 1 fully saturated rings. The molecule has 0 aromatic carbocycles. The van der Waals surface area contributed by atoms with Gasteiger partial charge in [-0.1, -0.05) is 26.0 Å². The Morgan fingerprint density at radius 3 is 3.15 bits per heavy atom.